The number of imidazole rings is 1. The molecular weight excluding hydrogens is 904 g/mol. The van der Waals surface area contributed by atoms with E-state index in [0.717, 1.165) is 0 Å². The summed E-state index contributed by atoms with van der Waals surface area (Å²) in [5.41, 5.74) is 25.9. The lowest BCUT2D eigenvalue weighted by molar-refractivity contribution is -0.617. The average Bonchev–Trinajstić information content (AvgIpc) is 3.85. The van der Waals surface area contributed by atoms with E-state index in [2.05, 4.69) is 249 Å². The summed E-state index contributed by atoms with van der Waals surface area (Å²) in [6.07, 6.45) is 0. The molecule has 0 N–H and O–H groups in total. The quantitative estimate of drug-likeness (QED) is 0.0926. The molecule has 0 aliphatic carbocycles. The lowest BCUT2D eigenvalue weighted by Gasteiger charge is -2.45. The van der Waals surface area contributed by atoms with Crippen LogP contribution in [0, 0.1) is 6.92 Å². The highest BCUT2D eigenvalue weighted by Gasteiger charge is 2.46. The van der Waals surface area contributed by atoms with Gasteiger partial charge in [0, 0.05) is 48.2 Å². The van der Waals surface area contributed by atoms with E-state index in [1.54, 1.807) is 0 Å². The third-order valence-corrected chi connectivity index (χ3v) is 18.1. The number of nitrogens with zero attached hydrogens (tertiary/aromatic N) is 4. The number of hydrogen-bond donors (Lipinski definition) is 0. The van der Waals surface area contributed by atoms with Gasteiger partial charge in [-0.1, -0.05) is 156 Å². The minimum atomic E-state index is -0.0603. The van der Waals surface area contributed by atoms with Crippen molar-refractivity contribution in [1.82, 2.24) is 8.97 Å². The second-order valence-corrected chi connectivity index (χ2v) is 26.9. The fourth-order valence-corrected chi connectivity index (χ4v) is 14.1. The molecule has 4 nitrogen and oxygen atoms in total. The maximum Gasteiger partial charge on any atom is 0.295 e. The van der Waals surface area contributed by atoms with E-state index in [9.17, 15) is 0 Å². The van der Waals surface area contributed by atoms with Gasteiger partial charge in [-0.05, 0) is 157 Å². The smallest absolute Gasteiger partial charge is 0.295 e. The van der Waals surface area contributed by atoms with Crippen LogP contribution in [-0.2, 0) is 28.7 Å². The number of pyridine rings is 1. The second-order valence-electron chi connectivity index (χ2n) is 25.9. The van der Waals surface area contributed by atoms with Crippen molar-refractivity contribution in [2.45, 2.75) is 121 Å². The fraction of sp³-hybridized carbons (Fsp3) is 0.269. The molecule has 0 bridgehead atoms. The van der Waals surface area contributed by atoms with E-state index in [1.165, 1.54) is 148 Å². The zero-order valence-electron chi connectivity index (χ0n) is 45.0. The molecule has 0 atom stereocenters. The van der Waals surface area contributed by atoms with Gasteiger partial charge in [-0.25, -0.2) is 4.57 Å². The van der Waals surface area contributed by atoms with E-state index in [-0.39, 0.29) is 28.4 Å². The Balaban J connectivity index is 1.15. The summed E-state index contributed by atoms with van der Waals surface area (Å²) in [7, 11) is 2.24. The van der Waals surface area contributed by atoms with Crippen LogP contribution in [0.25, 0.3) is 77.0 Å². The van der Waals surface area contributed by atoms with Crippen molar-refractivity contribution < 1.29 is 4.57 Å². The Kier molecular flexibility index (Phi) is 8.92. The number of para-hydroxylation sites is 1. The monoisotopic (exact) mass is 967 g/mol. The van der Waals surface area contributed by atoms with Gasteiger partial charge < -0.3 is 9.47 Å². The largest absolute Gasteiger partial charge is 0.310 e. The van der Waals surface area contributed by atoms with Gasteiger partial charge in [-0.2, -0.15) is 4.40 Å². The summed E-state index contributed by atoms with van der Waals surface area (Å²) in [4.78, 5) is 5.33. The van der Waals surface area contributed by atoms with Crippen LogP contribution in [0.2, 0.25) is 0 Å². The van der Waals surface area contributed by atoms with Crippen LogP contribution in [-0.4, -0.2) is 15.7 Å². The molecule has 8 aromatic carbocycles. The van der Waals surface area contributed by atoms with Gasteiger partial charge >= 0.3 is 0 Å². The number of aryl methyl sites for hydroxylation is 2. The first kappa shape index (κ1) is 44.9. The molecule has 73 heavy (non-hydrogen) atoms. The first-order valence-electron chi connectivity index (χ1n) is 26.4. The highest BCUT2D eigenvalue weighted by atomic mass is 32.2. The zero-order valence-corrected chi connectivity index (χ0v) is 45.8. The second kappa shape index (κ2) is 14.5. The Bertz CT molecular complexity index is 4310. The molecule has 360 valence electrons. The van der Waals surface area contributed by atoms with Gasteiger partial charge in [-0.3, -0.25) is 0 Å². The molecule has 0 unspecified atom stereocenters. The Hall–Kier alpha value is -6.76. The molecule has 0 fully saturated rings. The number of hydrogen-bond acceptors (Lipinski definition) is 2. The highest BCUT2D eigenvalue weighted by molar-refractivity contribution is 7.99. The minimum absolute atomic E-state index is 0.00208. The number of anilines is 3. The van der Waals surface area contributed by atoms with Crippen molar-refractivity contribution in [2.24, 2.45) is 7.05 Å². The van der Waals surface area contributed by atoms with Crippen molar-refractivity contribution >= 4 is 112 Å². The Labute approximate surface area is 434 Å². The van der Waals surface area contributed by atoms with Crippen molar-refractivity contribution in [1.29, 1.82) is 0 Å². The van der Waals surface area contributed by atoms with Crippen LogP contribution < -0.4 is 25.9 Å². The van der Waals surface area contributed by atoms with Crippen molar-refractivity contribution in [3.05, 3.63) is 161 Å². The zero-order chi connectivity index (χ0) is 50.7. The molecule has 3 aliphatic heterocycles. The summed E-state index contributed by atoms with van der Waals surface area (Å²) in [5, 5.41) is 6.55. The topological polar surface area (TPSA) is 16.5 Å². The van der Waals surface area contributed by atoms with E-state index >= 15 is 0 Å². The fourth-order valence-electron chi connectivity index (χ4n) is 13.0. The molecule has 0 saturated heterocycles. The van der Waals surface area contributed by atoms with Gasteiger partial charge in [0.1, 0.15) is 5.52 Å². The van der Waals surface area contributed by atoms with Crippen molar-refractivity contribution in [3.8, 4) is 16.8 Å². The Morgan fingerprint density at radius 3 is 1.88 bits per heavy atom. The average molecular weight is 968 g/mol. The molecule has 0 radical (unpaired) electrons. The maximum absolute atomic E-state index is 2.68. The van der Waals surface area contributed by atoms with Crippen molar-refractivity contribution in [2.75, 3.05) is 4.90 Å². The molecule has 6 heterocycles. The van der Waals surface area contributed by atoms with Gasteiger partial charge in [0.25, 0.3) is 12.4 Å². The molecule has 0 amide bonds. The lowest BCUT2D eigenvalue weighted by atomic mass is 9.33. The number of aromatic nitrogens is 3. The van der Waals surface area contributed by atoms with Crippen LogP contribution in [0.1, 0.15) is 111 Å². The predicted molar refractivity (Wildman–Crippen MR) is 314 cm³/mol. The highest BCUT2D eigenvalue weighted by Crippen LogP contribution is 2.55. The molecular formula is C67H64BN4S+. The molecule has 11 aromatic rings. The first-order chi connectivity index (χ1) is 34.6. The summed E-state index contributed by atoms with van der Waals surface area (Å²) in [5.74, 6) is 0. The van der Waals surface area contributed by atoms with Crippen LogP contribution in [0.5, 0.6) is 0 Å². The molecule has 0 spiro atoms. The van der Waals surface area contributed by atoms with Gasteiger partial charge in [0.2, 0.25) is 0 Å². The summed E-state index contributed by atoms with van der Waals surface area (Å²) < 4.78 is 7.62. The van der Waals surface area contributed by atoms with Crippen LogP contribution in [0.4, 0.5) is 17.1 Å². The van der Waals surface area contributed by atoms with Crippen LogP contribution in [0.3, 0.4) is 0 Å². The van der Waals surface area contributed by atoms with E-state index in [1.807, 2.05) is 11.8 Å². The van der Waals surface area contributed by atoms with Crippen molar-refractivity contribution in [3.63, 3.8) is 0 Å². The molecule has 14 rings (SSSR count). The summed E-state index contributed by atoms with van der Waals surface area (Å²) >= 11 is 1.97. The van der Waals surface area contributed by atoms with Crippen LogP contribution >= 0.6 is 11.8 Å². The Morgan fingerprint density at radius 2 is 1.12 bits per heavy atom. The SMILES string of the molecule is Cc1cccc2c3ccccc3n3c4cc(-c5cc6c7c(c5)-n5c8ccc(C(C)(C)C)cc8c8cc(C(C)(C)C)cc(c85)B7c5cc(C(C)(C)C)cc7c5N6c5ccc(C(C)(C)C)cc5S7)ccc4[n+](C)c3c12. The van der Waals surface area contributed by atoms with Gasteiger partial charge in [0.15, 0.2) is 11.0 Å². The maximum atomic E-state index is 2.68. The lowest BCUT2D eigenvalue weighted by Crippen LogP contribution is -2.61. The molecule has 0 saturated carbocycles. The predicted octanol–water partition coefficient (Wildman–Crippen LogP) is 15.6. The summed E-state index contributed by atoms with van der Waals surface area (Å²) in [6.45, 7) is 30.6. The van der Waals surface area contributed by atoms with Crippen LogP contribution in [0.15, 0.2) is 143 Å². The third-order valence-electron chi connectivity index (χ3n) is 17.0. The molecule has 6 heteroatoms. The number of fused-ring (bicyclic) bond motifs is 17. The Morgan fingerprint density at radius 1 is 0.479 bits per heavy atom. The van der Waals surface area contributed by atoms with E-state index in [4.69, 9.17) is 0 Å². The standard InChI is InChI=1S/C67H64BN4S/c1-37-18-17-20-45-44-19-15-16-21-50(44)72-54-28-38(22-25-52(54)69(14)63(72)59(37)45)39-29-55-60-56(30-39)71-53-27-24-41(65(5,6)7)35-57(53)73-58-36-43(67(11,12)13)34-49(62(58)71)68(60)48-33-42(66(8,9)10)32-47-46-31-40(64(2,3)4)23-26-51(46)70(55)61(47)48/h15-36H,1-14H3/q+1. The first-order valence-corrected chi connectivity index (χ1v) is 27.2. The normalized spacial score (nSPS) is 14.3. The summed E-state index contributed by atoms with van der Waals surface area (Å²) in [6, 6.07) is 52.9. The van der Waals surface area contributed by atoms with Gasteiger partial charge in [0.05, 0.1) is 29.3 Å². The number of benzene rings is 8. The minimum Gasteiger partial charge on any atom is -0.310 e. The third kappa shape index (κ3) is 6.20. The van der Waals surface area contributed by atoms with E-state index in [0.29, 0.717) is 0 Å². The molecule has 3 aromatic heterocycles. The van der Waals surface area contributed by atoms with E-state index < -0.39 is 0 Å². The van der Waals surface area contributed by atoms with Gasteiger partial charge in [-0.15, -0.1) is 0 Å². The number of rotatable bonds is 1. The molecule has 3 aliphatic rings.